The number of pyridine rings is 1. The highest BCUT2D eigenvalue weighted by molar-refractivity contribution is 7.15. The van der Waals surface area contributed by atoms with E-state index in [9.17, 15) is 4.79 Å². The van der Waals surface area contributed by atoms with Gasteiger partial charge in [-0.3, -0.25) is 10.1 Å². The van der Waals surface area contributed by atoms with Crippen LogP contribution in [0.25, 0.3) is 0 Å². The highest BCUT2D eigenvalue weighted by Crippen LogP contribution is 2.21. The van der Waals surface area contributed by atoms with Gasteiger partial charge in [0, 0.05) is 23.2 Å². The Morgan fingerprint density at radius 3 is 2.84 bits per heavy atom. The molecule has 0 unspecified atom stereocenters. The SMILES string of the molecule is CCNc1cc(C(=O)Nc2nc(C)c(C)s2)ccn1. The van der Waals surface area contributed by atoms with Crippen molar-refractivity contribution < 1.29 is 4.79 Å². The lowest BCUT2D eigenvalue weighted by atomic mass is 10.2. The minimum absolute atomic E-state index is 0.171. The summed E-state index contributed by atoms with van der Waals surface area (Å²) in [5.41, 5.74) is 1.51. The Morgan fingerprint density at radius 2 is 2.21 bits per heavy atom. The smallest absolute Gasteiger partial charge is 0.257 e. The van der Waals surface area contributed by atoms with Gasteiger partial charge >= 0.3 is 0 Å². The van der Waals surface area contributed by atoms with E-state index in [0.717, 1.165) is 17.1 Å². The van der Waals surface area contributed by atoms with Gasteiger partial charge in [-0.25, -0.2) is 9.97 Å². The van der Waals surface area contributed by atoms with E-state index in [1.807, 2.05) is 20.8 Å². The molecule has 0 atom stereocenters. The molecule has 1 amide bonds. The molecule has 0 saturated heterocycles. The van der Waals surface area contributed by atoms with E-state index in [4.69, 9.17) is 0 Å². The van der Waals surface area contributed by atoms with Gasteiger partial charge in [-0.1, -0.05) is 0 Å². The maximum atomic E-state index is 12.1. The van der Waals surface area contributed by atoms with Crippen molar-refractivity contribution in [3.63, 3.8) is 0 Å². The third-order valence-electron chi connectivity index (χ3n) is 2.63. The first-order valence-corrected chi connectivity index (χ1v) is 6.87. The van der Waals surface area contributed by atoms with Gasteiger partial charge in [0.1, 0.15) is 5.82 Å². The van der Waals surface area contributed by atoms with E-state index in [1.54, 1.807) is 18.3 Å². The molecule has 0 saturated carbocycles. The van der Waals surface area contributed by atoms with Crippen LogP contribution in [0.3, 0.4) is 0 Å². The van der Waals surface area contributed by atoms with Crippen LogP contribution in [0.15, 0.2) is 18.3 Å². The highest BCUT2D eigenvalue weighted by Gasteiger charge is 2.10. The predicted molar refractivity (Wildman–Crippen MR) is 77.9 cm³/mol. The predicted octanol–water partition coefficient (Wildman–Crippen LogP) is 2.84. The van der Waals surface area contributed by atoms with Crippen molar-refractivity contribution in [1.82, 2.24) is 9.97 Å². The molecule has 2 N–H and O–H groups in total. The third kappa shape index (κ3) is 3.29. The highest BCUT2D eigenvalue weighted by atomic mass is 32.1. The first-order chi connectivity index (χ1) is 9.10. The number of carbonyl (C=O) groups excluding carboxylic acids is 1. The molecular weight excluding hydrogens is 260 g/mol. The summed E-state index contributed by atoms with van der Waals surface area (Å²) in [4.78, 5) is 21.6. The van der Waals surface area contributed by atoms with Crippen LogP contribution in [0.5, 0.6) is 0 Å². The van der Waals surface area contributed by atoms with Gasteiger partial charge in [0.05, 0.1) is 5.69 Å². The zero-order valence-corrected chi connectivity index (χ0v) is 12.0. The maximum Gasteiger partial charge on any atom is 0.257 e. The number of thiazole rings is 1. The summed E-state index contributed by atoms with van der Waals surface area (Å²) in [6.45, 7) is 6.66. The van der Waals surface area contributed by atoms with E-state index < -0.39 is 0 Å². The van der Waals surface area contributed by atoms with E-state index in [0.29, 0.717) is 16.5 Å². The fourth-order valence-corrected chi connectivity index (χ4v) is 2.35. The summed E-state index contributed by atoms with van der Waals surface area (Å²) in [7, 11) is 0. The van der Waals surface area contributed by atoms with Crippen molar-refractivity contribution in [3.05, 3.63) is 34.5 Å². The summed E-state index contributed by atoms with van der Waals surface area (Å²) in [6, 6.07) is 3.41. The quantitative estimate of drug-likeness (QED) is 0.901. The molecule has 100 valence electrons. The number of anilines is 2. The van der Waals surface area contributed by atoms with Crippen molar-refractivity contribution in [2.75, 3.05) is 17.2 Å². The molecule has 2 aromatic heterocycles. The van der Waals surface area contributed by atoms with Gasteiger partial charge in [-0.15, -0.1) is 11.3 Å². The number of nitrogens with zero attached hydrogens (tertiary/aromatic N) is 2. The maximum absolute atomic E-state index is 12.1. The molecule has 19 heavy (non-hydrogen) atoms. The molecule has 0 radical (unpaired) electrons. The van der Waals surface area contributed by atoms with Gasteiger partial charge in [-0.2, -0.15) is 0 Å². The molecule has 0 spiro atoms. The minimum Gasteiger partial charge on any atom is -0.370 e. The number of rotatable bonds is 4. The average Bonchev–Trinajstić information content (AvgIpc) is 2.69. The normalized spacial score (nSPS) is 10.3. The van der Waals surface area contributed by atoms with E-state index in [-0.39, 0.29) is 5.91 Å². The fourth-order valence-electron chi connectivity index (χ4n) is 1.55. The van der Waals surface area contributed by atoms with E-state index >= 15 is 0 Å². The fraction of sp³-hybridized carbons (Fsp3) is 0.308. The lowest BCUT2D eigenvalue weighted by Gasteiger charge is -2.05. The Kier molecular flexibility index (Phi) is 4.11. The zero-order valence-electron chi connectivity index (χ0n) is 11.2. The summed E-state index contributed by atoms with van der Waals surface area (Å²) < 4.78 is 0. The van der Waals surface area contributed by atoms with Crippen LogP contribution >= 0.6 is 11.3 Å². The molecule has 0 aliphatic carbocycles. The van der Waals surface area contributed by atoms with Crippen LogP contribution in [-0.2, 0) is 0 Å². The molecule has 0 fully saturated rings. The Labute approximate surface area is 116 Å². The van der Waals surface area contributed by atoms with E-state index in [2.05, 4.69) is 20.6 Å². The molecular formula is C13H16N4OS. The molecule has 5 nitrogen and oxygen atoms in total. The first-order valence-electron chi connectivity index (χ1n) is 6.05. The van der Waals surface area contributed by atoms with Crippen molar-refractivity contribution in [2.45, 2.75) is 20.8 Å². The van der Waals surface area contributed by atoms with Crippen molar-refractivity contribution in [3.8, 4) is 0 Å². The molecule has 2 aromatic rings. The van der Waals surface area contributed by atoms with Crippen LogP contribution in [0.4, 0.5) is 10.9 Å². The van der Waals surface area contributed by atoms with Crippen LogP contribution in [0.2, 0.25) is 0 Å². The van der Waals surface area contributed by atoms with Crippen molar-refractivity contribution in [1.29, 1.82) is 0 Å². The van der Waals surface area contributed by atoms with Crippen LogP contribution in [0, 0.1) is 13.8 Å². The second-order valence-electron chi connectivity index (χ2n) is 4.07. The molecule has 0 aliphatic heterocycles. The number of hydrogen-bond donors (Lipinski definition) is 2. The second-order valence-corrected chi connectivity index (χ2v) is 5.28. The lowest BCUT2D eigenvalue weighted by molar-refractivity contribution is 0.102. The Balaban J connectivity index is 2.13. The summed E-state index contributed by atoms with van der Waals surface area (Å²) in [5, 5.41) is 6.50. The number of hydrogen-bond acceptors (Lipinski definition) is 5. The van der Waals surface area contributed by atoms with Crippen molar-refractivity contribution in [2.24, 2.45) is 0 Å². The van der Waals surface area contributed by atoms with Gasteiger partial charge in [0.25, 0.3) is 5.91 Å². The lowest BCUT2D eigenvalue weighted by Crippen LogP contribution is -2.12. The largest absolute Gasteiger partial charge is 0.370 e. The summed E-state index contributed by atoms with van der Waals surface area (Å²) >= 11 is 1.48. The molecule has 2 heterocycles. The van der Waals surface area contributed by atoms with Gasteiger partial charge in [0.2, 0.25) is 0 Å². The zero-order chi connectivity index (χ0) is 13.8. The van der Waals surface area contributed by atoms with E-state index in [1.165, 1.54) is 11.3 Å². The Bertz CT molecular complexity index is 575. The van der Waals surface area contributed by atoms with Crippen LogP contribution < -0.4 is 10.6 Å². The molecule has 2 rings (SSSR count). The number of aromatic nitrogens is 2. The van der Waals surface area contributed by atoms with Gasteiger partial charge in [0.15, 0.2) is 5.13 Å². The number of nitrogens with one attached hydrogen (secondary N) is 2. The number of aryl methyl sites for hydroxylation is 2. The van der Waals surface area contributed by atoms with Crippen molar-refractivity contribution >= 4 is 28.2 Å². The Morgan fingerprint density at radius 1 is 1.42 bits per heavy atom. The minimum atomic E-state index is -0.171. The number of carbonyl (C=O) groups is 1. The van der Waals surface area contributed by atoms with Crippen LogP contribution in [-0.4, -0.2) is 22.4 Å². The van der Waals surface area contributed by atoms with Gasteiger partial charge < -0.3 is 5.32 Å². The topological polar surface area (TPSA) is 66.9 Å². The molecule has 0 aromatic carbocycles. The Hall–Kier alpha value is -1.95. The summed E-state index contributed by atoms with van der Waals surface area (Å²) in [6.07, 6.45) is 1.62. The average molecular weight is 276 g/mol. The molecule has 6 heteroatoms. The standard InChI is InChI=1S/C13H16N4OS/c1-4-14-11-7-10(5-6-15-11)12(18)17-13-16-8(2)9(3)19-13/h5-7H,4H2,1-3H3,(H,14,15)(H,16,17,18). The molecule has 0 aliphatic rings. The van der Waals surface area contributed by atoms with Crippen LogP contribution in [0.1, 0.15) is 27.9 Å². The third-order valence-corrected chi connectivity index (χ3v) is 3.62. The monoisotopic (exact) mass is 276 g/mol. The number of amides is 1. The first kappa shape index (κ1) is 13.5. The molecule has 0 bridgehead atoms. The summed E-state index contributed by atoms with van der Waals surface area (Å²) in [5.74, 6) is 0.525. The van der Waals surface area contributed by atoms with Gasteiger partial charge in [-0.05, 0) is 32.9 Å². The second kappa shape index (κ2) is 5.79.